The molecule has 12 heavy (non-hydrogen) atoms. The van der Waals surface area contributed by atoms with Crippen molar-refractivity contribution >= 4 is 0 Å². The molecule has 0 heterocycles. The van der Waals surface area contributed by atoms with Crippen molar-refractivity contribution in [2.45, 2.75) is 0 Å². The quantitative estimate of drug-likeness (QED) is 0.317. The average molecular weight is 172 g/mol. The molecule has 68 valence electrons. The van der Waals surface area contributed by atoms with E-state index in [1.165, 1.54) is 25.0 Å². The lowest BCUT2D eigenvalue weighted by molar-refractivity contribution is 0.0229. The Bertz CT molecular complexity index is 126. The van der Waals surface area contributed by atoms with Crippen molar-refractivity contribution in [1.29, 1.82) is 0 Å². The van der Waals surface area contributed by atoms with Crippen LogP contribution >= 0.6 is 0 Å². The minimum absolute atomic E-state index is 0.117. The molecular weight excluding hydrogens is 160 g/mol. The third kappa shape index (κ3) is 8.42. The molecule has 0 N–H and O–H groups in total. The van der Waals surface area contributed by atoms with E-state index in [4.69, 9.17) is 9.47 Å². The van der Waals surface area contributed by atoms with Crippen LogP contribution in [0.1, 0.15) is 0 Å². The molecule has 0 aromatic rings. The van der Waals surface area contributed by atoms with Crippen molar-refractivity contribution in [1.82, 2.24) is 0 Å². The monoisotopic (exact) mass is 172 g/mol. The van der Waals surface area contributed by atoms with Gasteiger partial charge in [-0.1, -0.05) is 13.2 Å². The number of rotatable bonds is 8. The van der Waals surface area contributed by atoms with Crippen LogP contribution in [-0.2, 0) is 18.9 Å². The van der Waals surface area contributed by atoms with Gasteiger partial charge in [-0.2, -0.15) is 0 Å². The maximum absolute atomic E-state index is 4.77. The lowest BCUT2D eigenvalue weighted by Gasteiger charge is -2.00. The van der Waals surface area contributed by atoms with Gasteiger partial charge >= 0.3 is 0 Å². The largest absolute Gasteiger partial charge is 0.466 e. The highest BCUT2D eigenvalue weighted by Crippen LogP contribution is 1.83. The minimum atomic E-state index is 0.117. The molecule has 0 aliphatic heterocycles. The van der Waals surface area contributed by atoms with Gasteiger partial charge in [0.25, 0.3) is 0 Å². The zero-order valence-corrected chi connectivity index (χ0v) is 6.77. The predicted octanol–water partition coefficient (Wildman–Crippen LogP) is 1.73. The van der Waals surface area contributed by atoms with Crippen LogP contribution in [0.4, 0.5) is 0 Å². The highest BCUT2D eigenvalue weighted by Gasteiger charge is 1.77. The third-order valence-electron chi connectivity index (χ3n) is 0.756. The Morgan fingerprint density at radius 2 is 1.17 bits per heavy atom. The van der Waals surface area contributed by atoms with Crippen molar-refractivity contribution in [3.63, 3.8) is 0 Å². The van der Waals surface area contributed by atoms with Crippen molar-refractivity contribution in [2.24, 2.45) is 0 Å². The van der Waals surface area contributed by atoms with Gasteiger partial charge in [-0.15, -0.1) is 0 Å². The van der Waals surface area contributed by atoms with Crippen LogP contribution in [0.25, 0.3) is 0 Å². The molecule has 0 saturated heterocycles. The van der Waals surface area contributed by atoms with Crippen LogP contribution in [-0.4, -0.2) is 13.6 Å². The first-order valence-corrected chi connectivity index (χ1v) is 3.25. The Hall–Kier alpha value is -1.58. The summed E-state index contributed by atoms with van der Waals surface area (Å²) in [7, 11) is 0. The van der Waals surface area contributed by atoms with E-state index in [9.17, 15) is 0 Å². The first kappa shape index (κ1) is 10.4. The van der Waals surface area contributed by atoms with Crippen LogP contribution in [0.5, 0.6) is 0 Å². The maximum atomic E-state index is 4.77. The number of hydrogen-bond acceptors (Lipinski definition) is 4. The predicted molar refractivity (Wildman–Crippen MR) is 43.6 cm³/mol. The van der Waals surface area contributed by atoms with Gasteiger partial charge in [0.1, 0.15) is 12.5 Å². The van der Waals surface area contributed by atoms with E-state index in [2.05, 4.69) is 22.6 Å². The van der Waals surface area contributed by atoms with Crippen molar-refractivity contribution in [3.8, 4) is 0 Å². The Balaban J connectivity index is 3.02. The van der Waals surface area contributed by atoms with Crippen LogP contribution in [0.2, 0.25) is 0 Å². The first-order chi connectivity index (χ1) is 5.91. The lowest BCUT2D eigenvalue weighted by atomic mass is 11.0. The normalized spacial score (nSPS) is 9.00. The van der Waals surface area contributed by atoms with Gasteiger partial charge in [0, 0.05) is 0 Å². The Morgan fingerprint density at radius 3 is 1.50 bits per heavy atom. The number of hydrogen-bond donors (Lipinski definition) is 0. The third-order valence-corrected chi connectivity index (χ3v) is 0.756. The standard InChI is InChI=1S/C8H12O4/c1-3-9-7-11-5-6-12-8-10-4-2/h3-6H,1-2,7-8H2. The van der Waals surface area contributed by atoms with Crippen molar-refractivity contribution in [3.05, 3.63) is 38.2 Å². The number of ether oxygens (including phenoxy) is 4. The van der Waals surface area contributed by atoms with Gasteiger partial charge in [0.15, 0.2) is 0 Å². The first-order valence-electron chi connectivity index (χ1n) is 3.25. The fraction of sp³-hybridized carbons (Fsp3) is 0.250. The molecule has 4 heteroatoms. The fourth-order valence-corrected chi connectivity index (χ4v) is 0.332. The van der Waals surface area contributed by atoms with Crippen molar-refractivity contribution < 1.29 is 18.9 Å². The SMILES string of the molecule is C=COCOC=COCOC=C. The highest BCUT2D eigenvalue weighted by molar-refractivity contribution is 4.59. The molecule has 0 fully saturated rings. The molecule has 0 bridgehead atoms. The Morgan fingerprint density at radius 1 is 0.750 bits per heavy atom. The molecule has 0 aromatic carbocycles. The van der Waals surface area contributed by atoms with Crippen LogP contribution in [0, 0.1) is 0 Å². The summed E-state index contributed by atoms with van der Waals surface area (Å²) >= 11 is 0. The van der Waals surface area contributed by atoms with Crippen LogP contribution < -0.4 is 0 Å². The highest BCUT2D eigenvalue weighted by atomic mass is 16.7. The summed E-state index contributed by atoms with van der Waals surface area (Å²) in [6.45, 7) is 6.89. The zero-order valence-electron chi connectivity index (χ0n) is 6.77. The molecule has 0 rings (SSSR count). The molecule has 0 saturated carbocycles. The van der Waals surface area contributed by atoms with Gasteiger partial charge in [-0.05, 0) is 0 Å². The Labute approximate surface area is 71.7 Å². The van der Waals surface area contributed by atoms with E-state index in [1.54, 1.807) is 0 Å². The van der Waals surface area contributed by atoms with Gasteiger partial charge in [-0.25, -0.2) is 0 Å². The second-order valence-corrected chi connectivity index (χ2v) is 1.51. The summed E-state index contributed by atoms with van der Waals surface area (Å²) < 4.78 is 18.8. The van der Waals surface area contributed by atoms with Gasteiger partial charge in [-0.3, -0.25) is 0 Å². The summed E-state index contributed by atoms with van der Waals surface area (Å²) in [6.07, 6.45) is 5.26. The molecule has 0 aliphatic rings. The Kier molecular flexibility index (Phi) is 8.18. The molecule has 4 nitrogen and oxygen atoms in total. The van der Waals surface area contributed by atoms with Crippen LogP contribution in [0.15, 0.2) is 38.2 Å². The lowest BCUT2D eigenvalue weighted by Crippen LogP contribution is -1.90. The molecule has 0 aliphatic carbocycles. The summed E-state index contributed by atoms with van der Waals surface area (Å²) in [4.78, 5) is 0. The second-order valence-electron chi connectivity index (χ2n) is 1.51. The van der Waals surface area contributed by atoms with Crippen molar-refractivity contribution in [2.75, 3.05) is 13.6 Å². The second kappa shape index (κ2) is 9.42. The molecule has 0 radical (unpaired) electrons. The van der Waals surface area contributed by atoms with E-state index >= 15 is 0 Å². The van der Waals surface area contributed by atoms with Gasteiger partial charge in [0.2, 0.25) is 13.6 Å². The zero-order chi connectivity index (χ0) is 9.07. The summed E-state index contributed by atoms with van der Waals surface area (Å²) in [5.41, 5.74) is 0. The summed E-state index contributed by atoms with van der Waals surface area (Å²) in [6, 6.07) is 0. The minimum Gasteiger partial charge on any atom is -0.466 e. The maximum Gasteiger partial charge on any atom is 0.229 e. The molecule has 0 unspecified atom stereocenters. The topological polar surface area (TPSA) is 36.9 Å². The summed E-state index contributed by atoms with van der Waals surface area (Å²) in [5.74, 6) is 0. The molecular formula is C8H12O4. The average Bonchev–Trinajstić information content (AvgIpc) is 2.10. The fourth-order valence-electron chi connectivity index (χ4n) is 0.332. The van der Waals surface area contributed by atoms with E-state index in [-0.39, 0.29) is 13.6 Å². The van der Waals surface area contributed by atoms with E-state index in [0.717, 1.165) is 0 Å². The van der Waals surface area contributed by atoms with E-state index in [1.807, 2.05) is 0 Å². The van der Waals surface area contributed by atoms with Gasteiger partial charge in [0.05, 0.1) is 12.5 Å². The molecule has 0 atom stereocenters. The molecule has 0 aromatic heterocycles. The molecule has 0 spiro atoms. The smallest absolute Gasteiger partial charge is 0.229 e. The summed E-state index contributed by atoms with van der Waals surface area (Å²) in [5, 5.41) is 0. The van der Waals surface area contributed by atoms with E-state index < -0.39 is 0 Å². The van der Waals surface area contributed by atoms with E-state index in [0.29, 0.717) is 0 Å². The van der Waals surface area contributed by atoms with Gasteiger partial charge < -0.3 is 18.9 Å². The van der Waals surface area contributed by atoms with Crippen LogP contribution in [0.3, 0.4) is 0 Å². The molecule has 0 amide bonds.